The molecule has 0 spiro atoms. The number of hydrogen-bond donors (Lipinski definition) is 3. The van der Waals surface area contributed by atoms with Crippen LogP contribution in [-0.2, 0) is 11.3 Å². The number of urea groups is 1. The molecule has 1 atom stereocenters. The molecule has 1 heterocycles. The number of aliphatic carboxylic acids is 1. The zero-order chi connectivity index (χ0) is 24.4. The second-order valence-corrected chi connectivity index (χ2v) is 8.47. The van der Waals surface area contributed by atoms with Crippen LogP contribution in [0.3, 0.4) is 0 Å². The smallest absolute Gasteiger partial charge is 0.326 e. The molecule has 3 aromatic rings. The molecule has 34 heavy (non-hydrogen) atoms. The number of carbonyl (C=O) groups is 3. The summed E-state index contributed by atoms with van der Waals surface area (Å²) in [7, 11) is 0. The van der Waals surface area contributed by atoms with Crippen LogP contribution in [0.25, 0.3) is 11.1 Å². The Labute approximate surface area is 196 Å². The molecule has 0 saturated heterocycles. The van der Waals surface area contributed by atoms with Crippen molar-refractivity contribution in [2.75, 3.05) is 10.6 Å². The van der Waals surface area contributed by atoms with Crippen LogP contribution in [0.15, 0.2) is 66.7 Å². The molecule has 3 aromatic carbocycles. The highest BCUT2D eigenvalue weighted by atomic mass is 19.1. The number of halogens is 1. The quantitative estimate of drug-likeness (QED) is 0.470. The van der Waals surface area contributed by atoms with Crippen LogP contribution >= 0.6 is 0 Å². The maximum Gasteiger partial charge on any atom is 0.326 e. The Morgan fingerprint density at radius 2 is 1.65 bits per heavy atom. The van der Waals surface area contributed by atoms with Crippen LogP contribution < -0.4 is 10.6 Å². The first-order valence-corrected chi connectivity index (χ1v) is 10.8. The van der Waals surface area contributed by atoms with Crippen molar-refractivity contribution < 1.29 is 23.9 Å². The minimum Gasteiger partial charge on any atom is -0.480 e. The third-order valence-corrected chi connectivity index (χ3v) is 5.76. The number of nitrogens with zero attached hydrogens (tertiary/aromatic N) is 1. The normalized spacial score (nSPS) is 13.5. The topological polar surface area (TPSA) is 98.7 Å². The summed E-state index contributed by atoms with van der Waals surface area (Å²) in [4.78, 5) is 38.0. The molecule has 0 aromatic heterocycles. The molecule has 1 aliphatic heterocycles. The number of hydrogen-bond acceptors (Lipinski definition) is 3. The van der Waals surface area contributed by atoms with Gasteiger partial charge in [0.25, 0.3) is 5.91 Å². The van der Waals surface area contributed by atoms with Crippen molar-refractivity contribution in [1.29, 1.82) is 0 Å². The molecule has 0 bridgehead atoms. The van der Waals surface area contributed by atoms with Gasteiger partial charge in [0.05, 0.1) is 5.69 Å². The highest BCUT2D eigenvalue weighted by molar-refractivity contribution is 6.01. The average molecular weight is 461 g/mol. The zero-order valence-corrected chi connectivity index (χ0v) is 18.7. The number of rotatable bonds is 6. The van der Waals surface area contributed by atoms with E-state index >= 15 is 0 Å². The third kappa shape index (κ3) is 4.61. The first-order chi connectivity index (χ1) is 16.2. The molecule has 0 aliphatic carbocycles. The number of benzene rings is 3. The van der Waals surface area contributed by atoms with E-state index in [9.17, 15) is 23.9 Å². The lowest BCUT2D eigenvalue weighted by atomic mass is 10.0. The Morgan fingerprint density at radius 1 is 0.971 bits per heavy atom. The van der Waals surface area contributed by atoms with E-state index in [0.717, 1.165) is 16.7 Å². The second-order valence-electron chi connectivity index (χ2n) is 8.47. The summed E-state index contributed by atoms with van der Waals surface area (Å²) in [6.07, 6.45) is 0. The van der Waals surface area contributed by atoms with E-state index in [0.29, 0.717) is 11.3 Å². The molecule has 1 aliphatic rings. The number of carboxylic acid groups (broad SMARTS) is 1. The fourth-order valence-corrected chi connectivity index (χ4v) is 4.12. The van der Waals surface area contributed by atoms with Gasteiger partial charge in [0, 0.05) is 17.8 Å². The van der Waals surface area contributed by atoms with Gasteiger partial charge in [-0.3, -0.25) is 4.79 Å². The average Bonchev–Trinajstić information content (AvgIpc) is 3.10. The summed E-state index contributed by atoms with van der Waals surface area (Å²) in [5, 5.41) is 14.7. The van der Waals surface area contributed by atoms with E-state index in [4.69, 9.17) is 0 Å². The fourth-order valence-electron chi connectivity index (χ4n) is 4.12. The van der Waals surface area contributed by atoms with Crippen molar-refractivity contribution >= 4 is 29.3 Å². The molecule has 0 radical (unpaired) electrons. The van der Waals surface area contributed by atoms with Crippen LogP contribution in [0.2, 0.25) is 0 Å². The predicted octanol–water partition coefficient (Wildman–Crippen LogP) is 5.20. The van der Waals surface area contributed by atoms with Gasteiger partial charge in [-0.15, -0.1) is 0 Å². The van der Waals surface area contributed by atoms with Gasteiger partial charge in [0.2, 0.25) is 0 Å². The molecule has 0 saturated carbocycles. The van der Waals surface area contributed by atoms with Crippen LogP contribution in [0.5, 0.6) is 0 Å². The summed E-state index contributed by atoms with van der Waals surface area (Å²) >= 11 is 0. The van der Waals surface area contributed by atoms with Crippen LogP contribution in [0, 0.1) is 11.7 Å². The maximum atomic E-state index is 13.7. The summed E-state index contributed by atoms with van der Waals surface area (Å²) < 4.78 is 13.7. The number of anilines is 2. The zero-order valence-electron chi connectivity index (χ0n) is 18.7. The van der Waals surface area contributed by atoms with Crippen molar-refractivity contribution in [3.8, 4) is 11.1 Å². The van der Waals surface area contributed by atoms with Gasteiger partial charge in [-0.05, 0) is 59.0 Å². The van der Waals surface area contributed by atoms with Gasteiger partial charge in [0.1, 0.15) is 11.9 Å². The van der Waals surface area contributed by atoms with Gasteiger partial charge in [-0.1, -0.05) is 44.2 Å². The Balaban J connectivity index is 1.47. The van der Waals surface area contributed by atoms with E-state index < -0.39 is 23.9 Å². The van der Waals surface area contributed by atoms with Crippen molar-refractivity contribution in [3.05, 3.63) is 83.7 Å². The predicted molar refractivity (Wildman–Crippen MR) is 127 cm³/mol. The monoisotopic (exact) mass is 461 g/mol. The minimum atomic E-state index is -1.02. The van der Waals surface area contributed by atoms with Crippen molar-refractivity contribution in [3.63, 3.8) is 0 Å². The van der Waals surface area contributed by atoms with Gasteiger partial charge in [-0.2, -0.15) is 0 Å². The highest BCUT2D eigenvalue weighted by Gasteiger charge is 2.38. The largest absolute Gasteiger partial charge is 0.480 e. The van der Waals surface area contributed by atoms with Gasteiger partial charge >= 0.3 is 12.0 Å². The van der Waals surface area contributed by atoms with Gasteiger partial charge < -0.3 is 20.6 Å². The first kappa shape index (κ1) is 23.0. The van der Waals surface area contributed by atoms with Crippen molar-refractivity contribution in [2.45, 2.75) is 26.4 Å². The number of nitrogens with one attached hydrogen (secondary N) is 2. The lowest BCUT2D eigenvalue weighted by Crippen LogP contribution is -2.44. The van der Waals surface area contributed by atoms with E-state index in [1.54, 1.807) is 44.2 Å². The molecular weight excluding hydrogens is 437 g/mol. The molecule has 0 unspecified atom stereocenters. The molecule has 3 N–H and O–H groups in total. The molecule has 4 rings (SSSR count). The highest BCUT2D eigenvalue weighted by Crippen LogP contribution is 2.31. The lowest BCUT2D eigenvalue weighted by molar-refractivity contribution is -0.144. The lowest BCUT2D eigenvalue weighted by Gasteiger charge is -2.27. The standard InChI is InChI=1S/C26H24FN3O4/c1-15(2)23(25(32)33)30-14-18-13-17(9-12-20(18)24(30)31)16-7-10-19(11-8-16)28-26(34)29-22-6-4-3-5-21(22)27/h3-13,15,23H,14H2,1-2H3,(H,32,33)(H2,28,29,34)/t23-/m0/s1. The summed E-state index contributed by atoms with van der Waals surface area (Å²) in [6.45, 7) is 3.81. The Hall–Kier alpha value is -4.20. The Bertz CT molecular complexity index is 1260. The third-order valence-electron chi connectivity index (χ3n) is 5.76. The number of amides is 3. The molecule has 174 valence electrons. The molecule has 8 heteroatoms. The molecule has 7 nitrogen and oxygen atoms in total. The van der Waals surface area contributed by atoms with E-state index in [1.807, 2.05) is 24.3 Å². The molecule has 3 amide bonds. The van der Waals surface area contributed by atoms with Crippen molar-refractivity contribution in [2.24, 2.45) is 5.92 Å². The maximum absolute atomic E-state index is 13.7. The number of carboxylic acids is 1. The Kier molecular flexibility index (Phi) is 6.32. The van der Waals surface area contributed by atoms with Gasteiger partial charge in [0.15, 0.2) is 0 Å². The minimum absolute atomic E-state index is 0.0842. The molecular formula is C26H24FN3O4. The number of para-hydroxylation sites is 1. The van der Waals surface area contributed by atoms with Crippen LogP contribution in [-0.4, -0.2) is 34.0 Å². The van der Waals surface area contributed by atoms with E-state index in [-0.39, 0.29) is 24.1 Å². The van der Waals surface area contributed by atoms with Crippen LogP contribution in [0.4, 0.5) is 20.6 Å². The fraction of sp³-hybridized carbons (Fsp3) is 0.192. The molecule has 0 fully saturated rings. The number of carbonyl (C=O) groups excluding carboxylic acids is 2. The van der Waals surface area contributed by atoms with Crippen molar-refractivity contribution in [1.82, 2.24) is 4.90 Å². The van der Waals surface area contributed by atoms with E-state index in [1.165, 1.54) is 17.0 Å². The SMILES string of the molecule is CC(C)[C@@H](C(=O)O)N1Cc2cc(-c3ccc(NC(=O)Nc4ccccc4F)cc3)ccc2C1=O. The van der Waals surface area contributed by atoms with Gasteiger partial charge in [-0.25, -0.2) is 14.0 Å². The van der Waals surface area contributed by atoms with Crippen LogP contribution in [0.1, 0.15) is 29.8 Å². The second kappa shape index (κ2) is 9.35. The number of fused-ring (bicyclic) bond motifs is 1. The summed E-state index contributed by atoms with van der Waals surface area (Å²) in [5.41, 5.74) is 3.64. The summed E-state index contributed by atoms with van der Waals surface area (Å²) in [6, 6.07) is 17.0. The van der Waals surface area contributed by atoms with E-state index in [2.05, 4.69) is 10.6 Å². The first-order valence-electron chi connectivity index (χ1n) is 10.8. The summed E-state index contributed by atoms with van der Waals surface area (Å²) in [5.74, 6) is -2.03. The Morgan fingerprint density at radius 3 is 2.29 bits per heavy atom.